The van der Waals surface area contributed by atoms with E-state index in [4.69, 9.17) is 5.73 Å². The molecule has 2 heterocycles. The molecule has 80 valence electrons. The summed E-state index contributed by atoms with van der Waals surface area (Å²) in [5.74, 6) is 0.704. The van der Waals surface area contributed by atoms with Gasteiger partial charge in [0.25, 0.3) is 0 Å². The minimum Gasteiger partial charge on any atom is -0.374 e. The third kappa shape index (κ3) is 1.48. The molecule has 5 nitrogen and oxygen atoms in total. The highest BCUT2D eigenvalue weighted by atomic mass is 79.9. The van der Waals surface area contributed by atoms with E-state index >= 15 is 0 Å². The molecule has 0 unspecified atom stereocenters. The van der Waals surface area contributed by atoms with E-state index in [0.29, 0.717) is 15.9 Å². The van der Waals surface area contributed by atoms with Gasteiger partial charge >= 0.3 is 0 Å². The number of halogens is 1. The summed E-state index contributed by atoms with van der Waals surface area (Å²) in [4.78, 5) is 0.704. The van der Waals surface area contributed by atoms with Crippen LogP contribution in [0.4, 0.5) is 5.13 Å². The van der Waals surface area contributed by atoms with Gasteiger partial charge in [-0.25, -0.2) is 0 Å². The van der Waals surface area contributed by atoms with E-state index in [2.05, 4.69) is 31.2 Å². The summed E-state index contributed by atoms with van der Waals surface area (Å²) in [7, 11) is 0. The molecule has 0 aliphatic carbocycles. The molecule has 0 spiro atoms. The topological polar surface area (TPSA) is 69.1 Å². The van der Waals surface area contributed by atoms with E-state index < -0.39 is 0 Å². The van der Waals surface area contributed by atoms with Gasteiger partial charge in [-0.15, -0.1) is 15.3 Å². The SMILES string of the molecule is Nc1nn2c(-c3ccc(Br)cc3)nnc2s1. The fraction of sp³-hybridized carbons (Fsp3) is 0. The van der Waals surface area contributed by atoms with Gasteiger partial charge in [0, 0.05) is 10.0 Å². The Bertz CT molecular complexity index is 642. The van der Waals surface area contributed by atoms with Crippen molar-refractivity contribution in [1.29, 1.82) is 0 Å². The maximum atomic E-state index is 5.62. The van der Waals surface area contributed by atoms with Crippen molar-refractivity contribution in [2.75, 3.05) is 5.73 Å². The Morgan fingerprint density at radius 1 is 1.19 bits per heavy atom. The largest absolute Gasteiger partial charge is 0.374 e. The summed E-state index contributed by atoms with van der Waals surface area (Å²) in [6.45, 7) is 0. The van der Waals surface area contributed by atoms with Crippen LogP contribution in [0.15, 0.2) is 28.7 Å². The number of aromatic nitrogens is 4. The molecule has 0 atom stereocenters. The molecule has 0 bridgehead atoms. The summed E-state index contributed by atoms with van der Waals surface area (Å²) in [5, 5.41) is 12.7. The maximum absolute atomic E-state index is 5.62. The highest BCUT2D eigenvalue weighted by Gasteiger charge is 2.11. The van der Waals surface area contributed by atoms with E-state index in [-0.39, 0.29) is 0 Å². The van der Waals surface area contributed by atoms with E-state index in [1.54, 1.807) is 4.52 Å². The molecule has 0 fully saturated rings. The molecule has 16 heavy (non-hydrogen) atoms. The number of anilines is 1. The van der Waals surface area contributed by atoms with Gasteiger partial charge in [0.1, 0.15) is 0 Å². The van der Waals surface area contributed by atoms with Gasteiger partial charge in [-0.2, -0.15) is 4.52 Å². The van der Waals surface area contributed by atoms with Crippen LogP contribution < -0.4 is 5.73 Å². The lowest BCUT2D eigenvalue weighted by molar-refractivity contribution is 0.973. The Balaban J connectivity index is 2.21. The Hall–Kier alpha value is -1.47. The average Bonchev–Trinajstić information content (AvgIpc) is 2.78. The molecule has 0 saturated carbocycles. The number of nitrogens with two attached hydrogens (primary N) is 1. The Morgan fingerprint density at radius 2 is 1.94 bits per heavy atom. The number of hydrogen-bond acceptors (Lipinski definition) is 5. The van der Waals surface area contributed by atoms with Crippen molar-refractivity contribution >= 4 is 37.4 Å². The Kier molecular flexibility index (Phi) is 2.15. The lowest BCUT2D eigenvalue weighted by Gasteiger charge is -1.96. The van der Waals surface area contributed by atoms with Crippen LogP contribution >= 0.6 is 27.3 Å². The number of fused-ring (bicyclic) bond motifs is 1. The second-order valence-electron chi connectivity index (χ2n) is 3.17. The van der Waals surface area contributed by atoms with Crippen LogP contribution in [0.5, 0.6) is 0 Å². The van der Waals surface area contributed by atoms with Crippen LogP contribution in [0.1, 0.15) is 0 Å². The molecule has 2 N–H and O–H groups in total. The summed E-state index contributed by atoms with van der Waals surface area (Å²) < 4.78 is 2.68. The molecule has 0 amide bonds. The zero-order valence-corrected chi connectivity index (χ0v) is 10.4. The maximum Gasteiger partial charge on any atom is 0.236 e. The van der Waals surface area contributed by atoms with E-state index in [0.717, 1.165) is 10.0 Å². The van der Waals surface area contributed by atoms with E-state index in [1.807, 2.05) is 24.3 Å². The molecular formula is C9H6BrN5S. The smallest absolute Gasteiger partial charge is 0.236 e. The van der Waals surface area contributed by atoms with Gasteiger partial charge in [-0.3, -0.25) is 0 Å². The molecule has 2 aromatic heterocycles. The normalized spacial score (nSPS) is 11.1. The van der Waals surface area contributed by atoms with Crippen LogP contribution in [0.3, 0.4) is 0 Å². The highest BCUT2D eigenvalue weighted by molar-refractivity contribution is 9.10. The molecule has 3 rings (SSSR count). The Labute approximate surface area is 103 Å². The predicted molar refractivity (Wildman–Crippen MR) is 66.2 cm³/mol. The fourth-order valence-corrected chi connectivity index (χ4v) is 2.28. The zero-order chi connectivity index (χ0) is 11.1. The van der Waals surface area contributed by atoms with Crippen LogP contribution in [-0.2, 0) is 0 Å². The second kappa shape index (κ2) is 3.53. The molecule has 0 aliphatic heterocycles. The molecular weight excluding hydrogens is 290 g/mol. The minimum atomic E-state index is 0.489. The fourth-order valence-electron chi connectivity index (χ4n) is 1.41. The number of nitrogens with zero attached hydrogens (tertiary/aromatic N) is 4. The number of benzene rings is 1. The van der Waals surface area contributed by atoms with Crippen LogP contribution in [0.2, 0.25) is 0 Å². The number of rotatable bonds is 1. The van der Waals surface area contributed by atoms with Crippen molar-refractivity contribution in [3.8, 4) is 11.4 Å². The standard InChI is InChI=1S/C9H6BrN5S/c10-6-3-1-5(2-4-6)7-12-13-9-15(7)14-8(11)16-9/h1-4H,(H2,11,14). The molecule has 0 radical (unpaired) electrons. The van der Waals surface area contributed by atoms with Gasteiger partial charge in [0.15, 0.2) is 5.82 Å². The van der Waals surface area contributed by atoms with Gasteiger partial charge in [-0.1, -0.05) is 39.4 Å². The van der Waals surface area contributed by atoms with E-state index in [9.17, 15) is 0 Å². The van der Waals surface area contributed by atoms with Crippen molar-refractivity contribution in [3.05, 3.63) is 28.7 Å². The third-order valence-corrected chi connectivity index (χ3v) is 3.37. The highest BCUT2D eigenvalue weighted by Crippen LogP contribution is 2.23. The summed E-state index contributed by atoms with van der Waals surface area (Å²) in [6.07, 6.45) is 0. The summed E-state index contributed by atoms with van der Waals surface area (Å²) in [5.41, 5.74) is 6.58. The van der Waals surface area contributed by atoms with Crippen LogP contribution in [-0.4, -0.2) is 19.8 Å². The molecule has 3 aromatic rings. The first-order valence-electron chi connectivity index (χ1n) is 4.48. The van der Waals surface area contributed by atoms with Crippen molar-refractivity contribution in [3.63, 3.8) is 0 Å². The predicted octanol–water partition coefficient (Wildman–Crippen LogP) is 2.20. The zero-order valence-electron chi connectivity index (χ0n) is 7.96. The number of nitrogen functional groups attached to an aromatic ring is 1. The third-order valence-electron chi connectivity index (χ3n) is 2.11. The van der Waals surface area contributed by atoms with Crippen LogP contribution in [0.25, 0.3) is 16.3 Å². The summed E-state index contributed by atoms with van der Waals surface area (Å²) in [6, 6.07) is 7.81. The Morgan fingerprint density at radius 3 is 2.69 bits per heavy atom. The van der Waals surface area contributed by atoms with Crippen molar-refractivity contribution in [2.24, 2.45) is 0 Å². The first kappa shape index (κ1) is 9.73. The lowest BCUT2D eigenvalue weighted by Crippen LogP contribution is -1.92. The minimum absolute atomic E-state index is 0.489. The van der Waals surface area contributed by atoms with Crippen molar-refractivity contribution in [1.82, 2.24) is 19.8 Å². The van der Waals surface area contributed by atoms with Gasteiger partial charge in [-0.05, 0) is 12.1 Å². The average molecular weight is 296 g/mol. The summed E-state index contributed by atoms with van der Waals surface area (Å²) >= 11 is 4.70. The number of hydrogen-bond donors (Lipinski definition) is 1. The molecule has 7 heteroatoms. The molecule has 0 aliphatic rings. The second-order valence-corrected chi connectivity index (χ2v) is 5.07. The molecule has 0 saturated heterocycles. The van der Waals surface area contributed by atoms with E-state index in [1.165, 1.54) is 11.3 Å². The monoisotopic (exact) mass is 295 g/mol. The quantitative estimate of drug-likeness (QED) is 0.747. The lowest BCUT2D eigenvalue weighted by atomic mass is 10.2. The van der Waals surface area contributed by atoms with Gasteiger partial charge in [0.05, 0.1) is 0 Å². The van der Waals surface area contributed by atoms with Crippen molar-refractivity contribution < 1.29 is 0 Å². The van der Waals surface area contributed by atoms with Gasteiger partial charge in [0.2, 0.25) is 10.1 Å². The van der Waals surface area contributed by atoms with Crippen molar-refractivity contribution in [2.45, 2.75) is 0 Å². The first-order valence-corrected chi connectivity index (χ1v) is 6.08. The molecule has 1 aromatic carbocycles. The van der Waals surface area contributed by atoms with Gasteiger partial charge < -0.3 is 5.73 Å². The first-order chi connectivity index (χ1) is 7.74. The van der Waals surface area contributed by atoms with Crippen LogP contribution in [0, 0.1) is 0 Å².